The molecule has 0 saturated carbocycles. The lowest BCUT2D eigenvalue weighted by molar-refractivity contribution is 1.15. The highest BCUT2D eigenvalue weighted by atomic mass is 15.0. The van der Waals surface area contributed by atoms with Crippen LogP contribution in [-0.4, -0.2) is 14.1 Å². The molecule has 0 fully saturated rings. The summed E-state index contributed by atoms with van der Waals surface area (Å²) in [4.78, 5) is 5.40. The van der Waals surface area contributed by atoms with Gasteiger partial charge in [0.15, 0.2) is 0 Å². The Kier molecular flexibility index (Phi) is 7.23. The van der Waals surface area contributed by atoms with E-state index in [2.05, 4.69) is 221 Å². The van der Waals surface area contributed by atoms with Crippen LogP contribution in [0.4, 0.5) is 0 Å². The number of hydrogen-bond acceptors (Lipinski definition) is 1. The van der Waals surface area contributed by atoms with Gasteiger partial charge < -0.3 is 9.13 Å². The van der Waals surface area contributed by atoms with Crippen molar-refractivity contribution in [2.45, 2.75) is 0 Å². The van der Waals surface area contributed by atoms with Crippen molar-refractivity contribution in [1.82, 2.24) is 14.1 Å². The van der Waals surface area contributed by atoms with Crippen molar-refractivity contribution in [2.75, 3.05) is 0 Å². The zero-order valence-electron chi connectivity index (χ0n) is 31.5. The molecule has 0 aliphatic rings. The van der Waals surface area contributed by atoms with E-state index in [4.69, 9.17) is 4.98 Å². The smallest absolute Gasteiger partial charge is 0.0788 e. The number of nitrogens with zero attached hydrogens (tertiary/aromatic N) is 3. The van der Waals surface area contributed by atoms with Gasteiger partial charge in [0.2, 0.25) is 0 Å². The molecule has 3 aromatic heterocycles. The molecule has 0 N–H and O–H groups in total. The molecular weight excluding hydrogens is 703 g/mol. The highest BCUT2D eigenvalue weighted by molar-refractivity contribution is 6.24. The van der Waals surface area contributed by atoms with Crippen LogP contribution in [0.2, 0.25) is 0 Å². The molecule has 0 radical (unpaired) electrons. The third kappa shape index (κ3) is 5.04. The maximum absolute atomic E-state index is 5.40. The molecule has 0 aliphatic heterocycles. The van der Waals surface area contributed by atoms with Crippen molar-refractivity contribution in [3.05, 3.63) is 212 Å². The van der Waals surface area contributed by atoms with Crippen LogP contribution in [0.3, 0.4) is 0 Å². The predicted molar refractivity (Wildman–Crippen MR) is 244 cm³/mol. The number of aromatic nitrogens is 3. The van der Waals surface area contributed by atoms with Gasteiger partial charge in [0, 0.05) is 44.0 Å². The van der Waals surface area contributed by atoms with Gasteiger partial charge in [0.05, 0.1) is 33.5 Å². The second kappa shape index (κ2) is 12.9. The van der Waals surface area contributed by atoms with Crippen LogP contribution in [0.5, 0.6) is 0 Å². The summed E-state index contributed by atoms with van der Waals surface area (Å²) in [6, 6.07) is 76.8. The predicted octanol–water partition coefficient (Wildman–Crippen LogP) is 14.6. The number of benzene rings is 9. The van der Waals surface area contributed by atoms with E-state index < -0.39 is 0 Å². The number of pyridine rings is 1. The first-order chi connectivity index (χ1) is 28.8. The first-order valence-electron chi connectivity index (χ1n) is 19.9. The molecule has 12 aromatic rings. The van der Waals surface area contributed by atoms with Crippen LogP contribution in [-0.2, 0) is 0 Å². The minimum atomic E-state index is 0.953. The number of hydrogen-bond donors (Lipinski definition) is 0. The topological polar surface area (TPSA) is 22.8 Å². The van der Waals surface area contributed by atoms with Crippen molar-refractivity contribution in [3.63, 3.8) is 0 Å². The average Bonchev–Trinajstić information content (AvgIpc) is 3.82. The highest BCUT2D eigenvalue weighted by Gasteiger charge is 2.21. The Hall–Kier alpha value is -7.75. The van der Waals surface area contributed by atoms with Crippen LogP contribution < -0.4 is 0 Å². The fourth-order valence-corrected chi connectivity index (χ4v) is 9.21. The van der Waals surface area contributed by atoms with Gasteiger partial charge in [-0.1, -0.05) is 158 Å². The van der Waals surface area contributed by atoms with Gasteiger partial charge in [-0.15, -0.1) is 0 Å². The van der Waals surface area contributed by atoms with Gasteiger partial charge in [-0.05, 0) is 87.3 Å². The largest absolute Gasteiger partial charge is 0.307 e. The monoisotopic (exact) mass is 737 g/mol. The molecule has 9 aromatic carbocycles. The molecule has 12 rings (SSSR count). The van der Waals surface area contributed by atoms with Crippen molar-refractivity contribution < 1.29 is 0 Å². The standard InChI is InChI=1S/C55H35N3/c1-3-14-36(15-4-1)41-34-50(40-27-26-37-16-7-8-17-38(37)32-40)56-51(35-41)45-23-13-18-39-33-43(28-29-44(39)45)58-53-25-12-10-22-47(53)49-31-30-48-46-21-9-11-24-52(46)57(54(48)55(49)58)42-19-5-2-6-20-42/h1-35H. The lowest BCUT2D eigenvalue weighted by Crippen LogP contribution is -1.99. The molecule has 3 heteroatoms. The Balaban J connectivity index is 1.09. The Morgan fingerprint density at radius 3 is 1.62 bits per heavy atom. The summed E-state index contributed by atoms with van der Waals surface area (Å²) in [5.41, 5.74) is 13.5. The maximum atomic E-state index is 5.40. The molecule has 0 aliphatic carbocycles. The second-order valence-electron chi connectivity index (χ2n) is 15.2. The molecule has 0 bridgehead atoms. The summed E-state index contributed by atoms with van der Waals surface area (Å²) < 4.78 is 4.92. The van der Waals surface area contributed by atoms with Crippen LogP contribution in [0, 0.1) is 0 Å². The molecular formula is C55H35N3. The number of para-hydroxylation sites is 3. The van der Waals surface area contributed by atoms with Gasteiger partial charge in [0.25, 0.3) is 0 Å². The molecule has 0 saturated heterocycles. The normalized spacial score (nSPS) is 11.8. The SMILES string of the molecule is c1ccc(-c2cc(-c3ccc4ccccc4c3)nc(-c3cccc4cc(-n5c6ccccc6c6ccc7c8ccccc8n(-c8ccccc8)c7c65)ccc34)c2)cc1. The summed E-state index contributed by atoms with van der Waals surface area (Å²) in [6.07, 6.45) is 0. The van der Waals surface area contributed by atoms with E-state index in [1.165, 1.54) is 59.9 Å². The zero-order valence-corrected chi connectivity index (χ0v) is 31.5. The van der Waals surface area contributed by atoms with Crippen molar-refractivity contribution in [3.8, 4) is 45.0 Å². The minimum absolute atomic E-state index is 0.953. The molecule has 3 nitrogen and oxygen atoms in total. The fraction of sp³-hybridized carbons (Fsp3) is 0. The Morgan fingerprint density at radius 1 is 0.293 bits per heavy atom. The Morgan fingerprint density at radius 2 is 0.879 bits per heavy atom. The van der Waals surface area contributed by atoms with E-state index in [1.807, 2.05) is 0 Å². The van der Waals surface area contributed by atoms with Gasteiger partial charge in [-0.25, -0.2) is 4.98 Å². The van der Waals surface area contributed by atoms with E-state index in [0.717, 1.165) is 50.2 Å². The van der Waals surface area contributed by atoms with Crippen LogP contribution in [0.25, 0.3) is 110 Å². The fourth-order valence-electron chi connectivity index (χ4n) is 9.21. The molecule has 0 amide bonds. The summed E-state index contributed by atoms with van der Waals surface area (Å²) in [6.45, 7) is 0. The Bertz CT molecular complexity index is 3560. The molecule has 0 unspecified atom stereocenters. The number of fused-ring (bicyclic) bond motifs is 9. The van der Waals surface area contributed by atoms with E-state index >= 15 is 0 Å². The summed E-state index contributed by atoms with van der Waals surface area (Å²) in [7, 11) is 0. The summed E-state index contributed by atoms with van der Waals surface area (Å²) in [5.74, 6) is 0. The van der Waals surface area contributed by atoms with Crippen LogP contribution >= 0.6 is 0 Å². The minimum Gasteiger partial charge on any atom is -0.307 e. The lowest BCUT2D eigenvalue weighted by atomic mass is 9.96. The average molecular weight is 738 g/mol. The molecule has 58 heavy (non-hydrogen) atoms. The highest BCUT2D eigenvalue weighted by Crippen LogP contribution is 2.42. The third-order valence-electron chi connectivity index (χ3n) is 11.9. The van der Waals surface area contributed by atoms with Gasteiger partial charge >= 0.3 is 0 Å². The van der Waals surface area contributed by atoms with E-state index in [-0.39, 0.29) is 0 Å². The summed E-state index contributed by atoms with van der Waals surface area (Å²) >= 11 is 0. The van der Waals surface area contributed by atoms with Gasteiger partial charge in [-0.2, -0.15) is 0 Å². The summed E-state index contributed by atoms with van der Waals surface area (Å²) in [5, 5.41) is 9.72. The van der Waals surface area contributed by atoms with Crippen molar-refractivity contribution in [1.29, 1.82) is 0 Å². The van der Waals surface area contributed by atoms with E-state index in [0.29, 0.717) is 0 Å². The molecule has 270 valence electrons. The van der Waals surface area contributed by atoms with E-state index in [9.17, 15) is 0 Å². The van der Waals surface area contributed by atoms with Crippen molar-refractivity contribution in [2.24, 2.45) is 0 Å². The second-order valence-corrected chi connectivity index (χ2v) is 15.2. The first kappa shape index (κ1) is 32.5. The quantitative estimate of drug-likeness (QED) is 0.172. The number of rotatable bonds is 5. The van der Waals surface area contributed by atoms with Gasteiger partial charge in [-0.3, -0.25) is 0 Å². The molecule has 3 heterocycles. The first-order valence-corrected chi connectivity index (χ1v) is 19.9. The van der Waals surface area contributed by atoms with Crippen LogP contribution in [0.15, 0.2) is 212 Å². The zero-order chi connectivity index (χ0) is 38.2. The molecule has 0 spiro atoms. The maximum Gasteiger partial charge on any atom is 0.0788 e. The van der Waals surface area contributed by atoms with E-state index in [1.54, 1.807) is 0 Å². The third-order valence-corrected chi connectivity index (χ3v) is 11.9. The lowest BCUT2D eigenvalue weighted by Gasteiger charge is -2.15. The van der Waals surface area contributed by atoms with Crippen LogP contribution in [0.1, 0.15) is 0 Å². The van der Waals surface area contributed by atoms with Crippen molar-refractivity contribution >= 4 is 65.2 Å². The molecule has 0 atom stereocenters. The Labute approximate surface area is 335 Å². The van der Waals surface area contributed by atoms with Gasteiger partial charge in [0.1, 0.15) is 0 Å².